The van der Waals surface area contributed by atoms with Gasteiger partial charge in [-0.05, 0) is 6.92 Å². The molecule has 1 amide bonds. The van der Waals surface area contributed by atoms with E-state index in [1.54, 1.807) is 6.92 Å². The Balaban J connectivity index is 0.00000225. The molecule has 0 aliphatic rings. The van der Waals surface area contributed by atoms with Gasteiger partial charge in [-0.15, -0.1) is 33.9 Å². The molecule has 16 heavy (non-hydrogen) atoms. The molecule has 1 aromatic rings. The SMILES string of the molecule is Cc1ncc(C(=O)NCCO[N+](=O)[O-])s1.Cl. The van der Waals surface area contributed by atoms with Crippen molar-refractivity contribution in [1.29, 1.82) is 0 Å². The van der Waals surface area contributed by atoms with E-state index in [9.17, 15) is 14.9 Å². The first-order chi connectivity index (χ1) is 7.09. The van der Waals surface area contributed by atoms with E-state index in [-0.39, 0.29) is 31.5 Å². The van der Waals surface area contributed by atoms with Crippen LogP contribution in [-0.4, -0.2) is 29.1 Å². The smallest absolute Gasteiger partial charge is 0.294 e. The Morgan fingerprint density at radius 1 is 1.75 bits per heavy atom. The summed E-state index contributed by atoms with van der Waals surface area (Å²) >= 11 is 1.26. The highest BCUT2D eigenvalue weighted by atomic mass is 35.5. The third-order valence-electron chi connectivity index (χ3n) is 1.43. The van der Waals surface area contributed by atoms with Crippen molar-refractivity contribution in [3.05, 3.63) is 26.2 Å². The zero-order chi connectivity index (χ0) is 11.3. The molecule has 7 nitrogen and oxygen atoms in total. The highest BCUT2D eigenvalue weighted by Gasteiger charge is 2.07. The van der Waals surface area contributed by atoms with E-state index in [4.69, 9.17) is 0 Å². The molecule has 0 radical (unpaired) electrons. The van der Waals surface area contributed by atoms with Crippen molar-refractivity contribution in [3.63, 3.8) is 0 Å². The molecule has 0 aliphatic heterocycles. The number of amides is 1. The second kappa shape index (κ2) is 6.96. The summed E-state index contributed by atoms with van der Waals surface area (Å²) in [4.78, 5) is 29.5. The van der Waals surface area contributed by atoms with Gasteiger partial charge in [-0.25, -0.2) is 4.98 Å². The van der Waals surface area contributed by atoms with Crippen LogP contribution in [0.5, 0.6) is 0 Å². The number of rotatable bonds is 5. The van der Waals surface area contributed by atoms with Crippen molar-refractivity contribution in [2.45, 2.75) is 6.92 Å². The van der Waals surface area contributed by atoms with Gasteiger partial charge in [0.05, 0.1) is 11.2 Å². The number of thiazole rings is 1. The zero-order valence-electron chi connectivity index (χ0n) is 8.34. The van der Waals surface area contributed by atoms with Crippen LogP contribution >= 0.6 is 23.7 Å². The minimum Gasteiger partial charge on any atom is -0.349 e. The summed E-state index contributed by atoms with van der Waals surface area (Å²) in [6.07, 6.45) is 1.46. The summed E-state index contributed by atoms with van der Waals surface area (Å²) in [5.41, 5.74) is 0. The van der Waals surface area contributed by atoms with Crippen molar-refractivity contribution in [1.82, 2.24) is 10.3 Å². The van der Waals surface area contributed by atoms with Crippen LogP contribution < -0.4 is 5.32 Å². The number of aromatic nitrogens is 1. The monoisotopic (exact) mass is 267 g/mol. The molecule has 1 aromatic heterocycles. The van der Waals surface area contributed by atoms with Crippen molar-refractivity contribution in [2.75, 3.05) is 13.2 Å². The van der Waals surface area contributed by atoms with Gasteiger partial charge in [-0.2, -0.15) is 0 Å². The average molecular weight is 268 g/mol. The van der Waals surface area contributed by atoms with E-state index >= 15 is 0 Å². The Morgan fingerprint density at radius 3 is 2.94 bits per heavy atom. The molecular weight excluding hydrogens is 258 g/mol. The summed E-state index contributed by atoms with van der Waals surface area (Å²) in [7, 11) is 0. The van der Waals surface area contributed by atoms with Gasteiger partial charge in [-0.1, -0.05) is 0 Å². The first-order valence-electron chi connectivity index (χ1n) is 4.07. The van der Waals surface area contributed by atoms with Crippen LogP contribution in [0.15, 0.2) is 6.20 Å². The maximum absolute atomic E-state index is 11.3. The highest BCUT2D eigenvalue weighted by molar-refractivity contribution is 7.13. The van der Waals surface area contributed by atoms with E-state index in [1.807, 2.05) is 0 Å². The molecule has 0 unspecified atom stereocenters. The number of aryl methyl sites for hydroxylation is 1. The van der Waals surface area contributed by atoms with Gasteiger partial charge >= 0.3 is 0 Å². The quantitative estimate of drug-likeness (QED) is 0.484. The number of carbonyl (C=O) groups excluding carboxylic acids is 1. The van der Waals surface area contributed by atoms with Crippen LogP contribution in [0, 0.1) is 17.0 Å². The van der Waals surface area contributed by atoms with Crippen LogP contribution in [0.2, 0.25) is 0 Å². The number of hydrogen-bond acceptors (Lipinski definition) is 6. The Labute approximate surface area is 101 Å². The zero-order valence-corrected chi connectivity index (χ0v) is 9.97. The van der Waals surface area contributed by atoms with E-state index < -0.39 is 5.09 Å². The van der Waals surface area contributed by atoms with Crippen LogP contribution in [0.3, 0.4) is 0 Å². The lowest BCUT2D eigenvalue weighted by Gasteiger charge is -2.01. The highest BCUT2D eigenvalue weighted by Crippen LogP contribution is 2.10. The molecule has 0 aliphatic carbocycles. The Hall–Kier alpha value is -1.41. The maximum Gasteiger partial charge on any atom is 0.294 e. The van der Waals surface area contributed by atoms with Crippen molar-refractivity contribution >= 4 is 29.7 Å². The molecule has 0 saturated carbocycles. The predicted octanol–water partition coefficient (Wildman–Crippen LogP) is 0.811. The largest absolute Gasteiger partial charge is 0.349 e. The molecule has 1 N–H and O–H groups in total. The van der Waals surface area contributed by atoms with Crippen LogP contribution in [0.25, 0.3) is 0 Å². The van der Waals surface area contributed by atoms with Crippen molar-refractivity contribution in [2.24, 2.45) is 0 Å². The lowest BCUT2D eigenvalue weighted by molar-refractivity contribution is -0.757. The van der Waals surface area contributed by atoms with E-state index in [0.29, 0.717) is 4.88 Å². The number of nitrogens with zero attached hydrogens (tertiary/aromatic N) is 2. The molecule has 0 atom stereocenters. The first-order valence-corrected chi connectivity index (χ1v) is 4.89. The molecular formula is C7H10ClN3O4S. The summed E-state index contributed by atoms with van der Waals surface area (Å²) in [6, 6.07) is 0. The molecule has 0 aromatic carbocycles. The fourth-order valence-electron chi connectivity index (χ4n) is 0.838. The normalized spacial score (nSPS) is 9.06. The Kier molecular flexibility index (Phi) is 6.35. The molecule has 1 rings (SSSR count). The minimum atomic E-state index is -0.900. The number of carbonyl (C=O) groups is 1. The van der Waals surface area contributed by atoms with Crippen LogP contribution in [0.1, 0.15) is 14.7 Å². The van der Waals surface area contributed by atoms with Crippen molar-refractivity contribution < 1.29 is 14.7 Å². The van der Waals surface area contributed by atoms with Gasteiger partial charge in [-0.3, -0.25) is 4.79 Å². The van der Waals surface area contributed by atoms with Gasteiger partial charge in [0.1, 0.15) is 11.5 Å². The minimum absolute atomic E-state index is 0. The fourth-order valence-corrected chi connectivity index (χ4v) is 1.53. The lowest BCUT2D eigenvalue weighted by atomic mass is 10.5. The average Bonchev–Trinajstić information content (AvgIpc) is 2.59. The topological polar surface area (TPSA) is 94.4 Å². The molecule has 90 valence electrons. The van der Waals surface area contributed by atoms with Gasteiger partial charge in [0.15, 0.2) is 0 Å². The second-order valence-electron chi connectivity index (χ2n) is 2.56. The van der Waals surface area contributed by atoms with Gasteiger partial charge in [0, 0.05) is 6.54 Å². The fraction of sp³-hybridized carbons (Fsp3) is 0.429. The van der Waals surface area contributed by atoms with E-state index in [2.05, 4.69) is 15.1 Å². The second-order valence-corrected chi connectivity index (χ2v) is 3.79. The molecule has 1 heterocycles. The van der Waals surface area contributed by atoms with Gasteiger partial charge in [0.2, 0.25) is 0 Å². The van der Waals surface area contributed by atoms with Gasteiger partial charge in [0.25, 0.3) is 11.0 Å². The van der Waals surface area contributed by atoms with Crippen LogP contribution in [0.4, 0.5) is 0 Å². The molecule has 9 heteroatoms. The summed E-state index contributed by atoms with van der Waals surface area (Å²) in [5.74, 6) is -0.299. The van der Waals surface area contributed by atoms with Gasteiger partial charge < -0.3 is 10.2 Å². The molecule has 0 bridgehead atoms. The summed E-state index contributed by atoms with van der Waals surface area (Å²) in [5, 5.41) is 12.1. The number of halogens is 1. The molecule has 0 saturated heterocycles. The molecule has 0 spiro atoms. The van der Waals surface area contributed by atoms with E-state index in [0.717, 1.165) is 5.01 Å². The van der Waals surface area contributed by atoms with Crippen molar-refractivity contribution in [3.8, 4) is 0 Å². The lowest BCUT2D eigenvalue weighted by Crippen LogP contribution is -2.27. The summed E-state index contributed by atoms with van der Waals surface area (Å²) in [6.45, 7) is 1.73. The maximum atomic E-state index is 11.3. The molecule has 0 fully saturated rings. The Bertz CT molecular complexity index is 370. The Morgan fingerprint density at radius 2 is 2.44 bits per heavy atom. The predicted molar refractivity (Wildman–Crippen MR) is 59.4 cm³/mol. The third-order valence-corrected chi connectivity index (χ3v) is 2.34. The number of hydrogen-bond donors (Lipinski definition) is 1. The summed E-state index contributed by atoms with van der Waals surface area (Å²) < 4.78 is 0. The standard InChI is InChI=1S/C7H9N3O4S.ClH/c1-5-9-4-6(15-5)7(11)8-2-3-14-10(12)13;/h4H,2-3H2,1H3,(H,8,11);1H. The number of nitrogens with one attached hydrogen (secondary N) is 1. The third kappa shape index (κ3) is 4.89. The first kappa shape index (κ1) is 14.6. The van der Waals surface area contributed by atoms with Crippen LogP contribution in [-0.2, 0) is 4.84 Å². The van der Waals surface area contributed by atoms with E-state index in [1.165, 1.54) is 17.5 Å².